The zero-order valence-corrected chi connectivity index (χ0v) is 11.7. The molecule has 0 spiro atoms. The Morgan fingerprint density at radius 2 is 2.06 bits per heavy atom. The van der Waals surface area contributed by atoms with Crippen LogP contribution in [0.25, 0.3) is 0 Å². The largest absolute Gasteiger partial charge is 0.313 e. The molecular weight excluding hydrogens is 226 g/mol. The molecule has 1 aliphatic rings. The fourth-order valence-corrected chi connectivity index (χ4v) is 3.77. The van der Waals surface area contributed by atoms with Crippen LogP contribution < -0.4 is 5.32 Å². The van der Waals surface area contributed by atoms with Gasteiger partial charge < -0.3 is 5.32 Å². The molecule has 0 bridgehead atoms. The summed E-state index contributed by atoms with van der Waals surface area (Å²) in [5.41, 5.74) is 1.94. The van der Waals surface area contributed by atoms with E-state index in [4.69, 9.17) is 0 Å². The maximum Gasteiger partial charge on any atom is 0.0163 e. The maximum absolute atomic E-state index is 3.70. The van der Waals surface area contributed by atoms with E-state index in [1.807, 2.05) is 0 Å². The molecule has 1 atom stereocenters. The van der Waals surface area contributed by atoms with Gasteiger partial charge in [0.05, 0.1) is 0 Å². The lowest BCUT2D eigenvalue weighted by atomic mass is 9.88. The standard InChI is InChI=1S/C15H23NS/c1-15(2)10-14(11-17-12-15)16-9-8-13-6-4-3-5-7-13/h3-7,14,16H,8-12H2,1-2H3. The summed E-state index contributed by atoms with van der Waals surface area (Å²) in [6.45, 7) is 5.86. The van der Waals surface area contributed by atoms with E-state index >= 15 is 0 Å². The van der Waals surface area contributed by atoms with Crippen molar-refractivity contribution in [1.29, 1.82) is 0 Å². The van der Waals surface area contributed by atoms with Crippen LogP contribution in [-0.4, -0.2) is 24.1 Å². The number of hydrogen-bond donors (Lipinski definition) is 1. The molecule has 1 aromatic rings. The van der Waals surface area contributed by atoms with Crippen molar-refractivity contribution in [3.63, 3.8) is 0 Å². The zero-order chi connectivity index (χ0) is 12.1. The molecule has 1 nitrogen and oxygen atoms in total. The average molecular weight is 249 g/mol. The van der Waals surface area contributed by atoms with Gasteiger partial charge in [0, 0.05) is 11.8 Å². The van der Waals surface area contributed by atoms with Crippen molar-refractivity contribution in [2.24, 2.45) is 5.41 Å². The molecule has 1 saturated heterocycles. The zero-order valence-electron chi connectivity index (χ0n) is 10.9. The second-order valence-corrected chi connectivity index (χ2v) is 6.80. The van der Waals surface area contributed by atoms with Crippen molar-refractivity contribution in [3.8, 4) is 0 Å². The highest BCUT2D eigenvalue weighted by Crippen LogP contribution is 2.33. The normalized spacial score (nSPS) is 23.5. The highest BCUT2D eigenvalue weighted by atomic mass is 32.2. The predicted molar refractivity (Wildman–Crippen MR) is 77.7 cm³/mol. The molecule has 0 radical (unpaired) electrons. The Morgan fingerprint density at radius 1 is 1.29 bits per heavy atom. The predicted octanol–water partition coefficient (Wildman–Crippen LogP) is 3.35. The van der Waals surface area contributed by atoms with Crippen LogP contribution in [0.4, 0.5) is 0 Å². The molecule has 1 aliphatic heterocycles. The fraction of sp³-hybridized carbons (Fsp3) is 0.600. The van der Waals surface area contributed by atoms with Gasteiger partial charge in [-0.15, -0.1) is 0 Å². The summed E-state index contributed by atoms with van der Waals surface area (Å²) in [4.78, 5) is 0. The molecule has 1 N–H and O–H groups in total. The number of benzene rings is 1. The summed E-state index contributed by atoms with van der Waals surface area (Å²) < 4.78 is 0. The minimum absolute atomic E-state index is 0.507. The van der Waals surface area contributed by atoms with Crippen LogP contribution in [0.2, 0.25) is 0 Å². The highest BCUT2D eigenvalue weighted by molar-refractivity contribution is 7.99. The third kappa shape index (κ3) is 4.36. The monoisotopic (exact) mass is 249 g/mol. The molecule has 0 aliphatic carbocycles. The van der Waals surface area contributed by atoms with Gasteiger partial charge in [-0.2, -0.15) is 11.8 Å². The molecule has 1 unspecified atom stereocenters. The molecule has 17 heavy (non-hydrogen) atoms. The first-order valence-corrected chi connectivity index (χ1v) is 7.66. The molecule has 2 heteroatoms. The minimum Gasteiger partial charge on any atom is -0.313 e. The molecule has 0 saturated carbocycles. The fourth-order valence-electron chi connectivity index (χ4n) is 2.46. The van der Waals surface area contributed by atoms with Gasteiger partial charge >= 0.3 is 0 Å². The van der Waals surface area contributed by atoms with Crippen molar-refractivity contribution in [2.45, 2.75) is 32.7 Å². The summed E-state index contributed by atoms with van der Waals surface area (Å²) in [6, 6.07) is 11.4. The lowest BCUT2D eigenvalue weighted by molar-refractivity contribution is 0.319. The smallest absolute Gasteiger partial charge is 0.0163 e. The molecule has 0 amide bonds. The summed E-state index contributed by atoms with van der Waals surface area (Å²) >= 11 is 2.09. The Balaban J connectivity index is 1.72. The lowest BCUT2D eigenvalue weighted by Crippen LogP contribution is -2.41. The van der Waals surface area contributed by atoms with Gasteiger partial charge in [0.25, 0.3) is 0 Å². The molecule has 1 heterocycles. The van der Waals surface area contributed by atoms with E-state index < -0.39 is 0 Å². The summed E-state index contributed by atoms with van der Waals surface area (Å²) in [6.07, 6.45) is 2.46. The Bertz CT molecular complexity index is 334. The molecule has 1 aromatic carbocycles. The summed E-state index contributed by atoms with van der Waals surface area (Å²) in [5.74, 6) is 2.59. The quantitative estimate of drug-likeness (QED) is 0.878. The summed E-state index contributed by atoms with van der Waals surface area (Å²) in [5, 5.41) is 3.70. The van der Waals surface area contributed by atoms with Crippen molar-refractivity contribution in [3.05, 3.63) is 35.9 Å². The van der Waals surface area contributed by atoms with Crippen LogP contribution >= 0.6 is 11.8 Å². The van der Waals surface area contributed by atoms with Gasteiger partial charge in [0.2, 0.25) is 0 Å². The van der Waals surface area contributed by atoms with Gasteiger partial charge in [0.15, 0.2) is 0 Å². The van der Waals surface area contributed by atoms with E-state index in [-0.39, 0.29) is 0 Å². The van der Waals surface area contributed by atoms with E-state index in [9.17, 15) is 0 Å². The van der Waals surface area contributed by atoms with Crippen molar-refractivity contribution < 1.29 is 0 Å². The van der Waals surface area contributed by atoms with Gasteiger partial charge in [-0.05, 0) is 36.1 Å². The second-order valence-electron chi connectivity index (χ2n) is 5.77. The van der Waals surface area contributed by atoms with Crippen LogP contribution in [0.3, 0.4) is 0 Å². The summed E-state index contributed by atoms with van der Waals surface area (Å²) in [7, 11) is 0. The number of hydrogen-bond acceptors (Lipinski definition) is 2. The van der Waals surface area contributed by atoms with Crippen LogP contribution in [0, 0.1) is 5.41 Å². The molecular formula is C15H23NS. The van der Waals surface area contributed by atoms with E-state index in [1.165, 1.54) is 23.5 Å². The first-order valence-electron chi connectivity index (χ1n) is 6.51. The minimum atomic E-state index is 0.507. The van der Waals surface area contributed by atoms with Gasteiger partial charge in [-0.3, -0.25) is 0 Å². The number of thioether (sulfide) groups is 1. The molecule has 2 rings (SSSR count). The molecule has 0 aromatic heterocycles. The highest BCUT2D eigenvalue weighted by Gasteiger charge is 2.27. The van der Waals surface area contributed by atoms with Gasteiger partial charge in [0.1, 0.15) is 0 Å². The first kappa shape index (κ1) is 13.0. The van der Waals surface area contributed by atoms with Crippen molar-refractivity contribution >= 4 is 11.8 Å². The van der Waals surface area contributed by atoms with Gasteiger partial charge in [-0.25, -0.2) is 0 Å². The van der Waals surface area contributed by atoms with Crippen LogP contribution in [0.15, 0.2) is 30.3 Å². The Kier molecular flexibility index (Phi) is 4.52. The first-order chi connectivity index (χ1) is 8.16. The van der Waals surface area contributed by atoms with E-state index in [0.29, 0.717) is 11.5 Å². The SMILES string of the molecule is CC1(C)CSCC(NCCc2ccccc2)C1. The van der Waals surface area contributed by atoms with Gasteiger partial charge in [-0.1, -0.05) is 44.2 Å². The second kappa shape index (κ2) is 5.92. The third-order valence-electron chi connectivity index (χ3n) is 3.30. The van der Waals surface area contributed by atoms with E-state index in [0.717, 1.165) is 13.0 Å². The third-order valence-corrected chi connectivity index (χ3v) is 4.92. The Hall–Kier alpha value is -0.470. The number of rotatable bonds is 4. The van der Waals surface area contributed by atoms with E-state index in [1.54, 1.807) is 0 Å². The molecule has 94 valence electrons. The molecule has 1 fully saturated rings. The maximum atomic E-state index is 3.70. The lowest BCUT2D eigenvalue weighted by Gasteiger charge is -2.35. The average Bonchev–Trinajstić information content (AvgIpc) is 2.29. The van der Waals surface area contributed by atoms with Crippen LogP contribution in [0.5, 0.6) is 0 Å². The van der Waals surface area contributed by atoms with E-state index in [2.05, 4.69) is 61.3 Å². The van der Waals surface area contributed by atoms with Crippen molar-refractivity contribution in [1.82, 2.24) is 5.32 Å². The van der Waals surface area contributed by atoms with Crippen LogP contribution in [-0.2, 0) is 6.42 Å². The Morgan fingerprint density at radius 3 is 2.76 bits per heavy atom. The topological polar surface area (TPSA) is 12.0 Å². The number of nitrogens with one attached hydrogen (secondary N) is 1. The van der Waals surface area contributed by atoms with Crippen molar-refractivity contribution in [2.75, 3.05) is 18.1 Å². The van der Waals surface area contributed by atoms with Crippen LogP contribution in [0.1, 0.15) is 25.8 Å². The Labute approximate surface area is 109 Å².